The third-order valence-electron chi connectivity index (χ3n) is 5.07. The van der Waals surface area contributed by atoms with E-state index in [1.807, 2.05) is 11.8 Å². The van der Waals surface area contributed by atoms with Crippen molar-refractivity contribution in [1.82, 2.24) is 10.2 Å². The van der Waals surface area contributed by atoms with Crippen molar-refractivity contribution in [3.8, 4) is 0 Å². The third-order valence-corrected chi connectivity index (χ3v) is 6.10. The summed E-state index contributed by atoms with van der Waals surface area (Å²) in [5.74, 6) is 5.64. The van der Waals surface area contributed by atoms with Crippen LogP contribution in [-0.2, 0) is 11.5 Å². The first-order chi connectivity index (χ1) is 11.2. The van der Waals surface area contributed by atoms with Crippen LogP contribution in [-0.4, -0.2) is 10.2 Å². The van der Waals surface area contributed by atoms with E-state index in [2.05, 4.69) is 53.6 Å². The van der Waals surface area contributed by atoms with Crippen molar-refractivity contribution in [3.05, 3.63) is 41.1 Å². The molecule has 0 radical (unpaired) electrons. The molecule has 0 unspecified atom stereocenters. The monoisotopic (exact) mass is 327 g/mol. The van der Waals surface area contributed by atoms with Crippen LogP contribution in [0.4, 0.5) is 11.5 Å². The molecule has 1 fully saturated rings. The van der Waals surface area contributed by atoms with Gasteiger partial charge in [-0.05, 0) is 54.4 Å². The zero-order valence-corrected chi connectivity index (χ0v) is 14.7. The number of nitrogens with one attached hydrogen (secondary N) is 2. The lowest BCUT2D eigenvalue weighted by molar-refractivity contribution is 0.220. The minimum Gasteiger partial charge on any atom is -0.339 e. The van der Waals surface area contributed by atoms with Gasteiger partial charge in [-0.25, -0.2) is 0 Å². The minimum absolute atomic E-state index is 0.679. The Labute approximate surface area is 142 Å². The average Bonchev–Trinajstić information content (AvgIpc) is 3.10. The molecule has 1 aliphatic heterocycles. The first-order valence-electron chi connectivity index (χ1n) is 8.69. The molecule has 2 N–H and O–H groups in total. The number of H-pyrrole nitrogens is 1. The maximum Gasteiger partial charge on any atom is 0.152 e. The molecule has 2 aliphatic rings. The smallest absolute Gasteiger partial charge is 0.152 e. The Morgan fingerprint density at radius 2 is 2.04 bits per heavy atom. The SMILES string of the molecule is CC(C)CC1CC(c2cc(Nc3ccc4c(c3)CSC4)n[nH]2)C1. The summed E-state index contributed by atoms with van der Waals surface area (Å²) in [7, 11) is 0. The quantitative estimate of drug-likeness (QED) is 0.768. The van der Waals surface area contributed by atoms with Gasteiger partial charge < -0.3 is 5.32 Å². The van der Waals surface area contributed by atoms with Crippen molar-refractivity contribution in [3.63, 3.8) is 0 Å². The second kappa shape index (κ2) is 6.23. The van der Waals surface area contributed by atoms with Gasteiger partial charge >= 0.3 is 0 Å². The predicted octanol–water partition coefficient (Wildman–Crippen LogP) is 5.44. The lowest BCUT2D eigenvalue weighted by atomic mass is 9.70. The third kappa shape index (κ3) is 3.27. The van der Waals surface area contributed by atoms with Gasteiger partial charge in [-0.15, -0.1) is 0 Å². The van der Waals surface area contributed by atoms with E-state index in [9.17, 15) is 0 Å². The molecule has 0 spiro atoms. The Morgan fingerprint density at radius 3 is 2.87 bits per heavy atom. The molecule has 0 atom stereocenters. The molecule has 1 aromatic heterocycles. The Hall–Kier alpha value is -1.42. The number of rotatable bonds is 5. The van der Waals surface area contributed by atoms with Gasteiger partial charge in [-0.3, -0.25) is 5.10 Å². The summed E-state index contributed by atoms with van der Waals surface area (Å²) in [6.45, 7) is 4.64. The molecule has 0 saturated heterocycles. The van der Waals surface area contributed by atoms with Gasteiger partial charge in [0, 0.05) is 34.9 Å². The topological polar surface area (TPSA) is 40.7 Å². The maximum absolute atomic E-state index is 4.45. The maximum atomic E-state index is 4.45. The Kier molecular flexibility index (Phi) is 4.10. The van der Waals surface area contributed by atoms with Crippen LogP contribution in [0.5, 0.6) is 0 Å². The molecule has 122 valence electrons. The lowest BCUT2D eigenvalue weighted by Gasteiger charge is -2.35. The number of anilines is 2. The molecule has 1 aromatic carbocycles. The number of benzene rings is 1. The van der Waals surface area contributed by atoms with Crippen LogP contribution < -0.4 is 5.32 Å². The van der Waals surface area contributed by atoms with Gasteiger partial charge in [0.15, 0.2) is 5.82 Å². The van der Waals surface area contributed by atoms with E-state index in [4.69, 9.17) is 0 Å². The highest BCUT2D eigenvalue weighted by molar-refractivity contribution is 7.98. The summed E-state index contributed by atoms with van der Waals surface area (Å²) in [6, 6.07) is 8.87. The van der Waals surface area contributed by atoms with E-state index in [1.165, 1.54) is 36.1 Å². The highest BCUT2D eigenvalue weighted by Crippen LogP contribution is 2.44. The molecule has 4 heteroatoms. The number of fused-ring (bicyclic) bond motifs is 1. The molecular weight excluding hydrogens is 302 g/mol. The second-order valence-corrected chi connectivity index (χ2v) is 8.46. The van der Waals surface area contributed by atoms with Gasteiger partial charge in [0.05, 0.1) is 0 Å². The molecule has 1 saturated carbocycles. The Morgan fingerprint density at radius 1 is 1.22 bits per heavy atom. The van der Waals surface area contributed by atoms with Crippen molar-refractivity contribution in [2.24, 2.45) is 11.8 Å². The fourth-order valence-corrected chi connectivity index (χ4v) is 4.95. The van der Waals surface area contributed by atoms with Crippen molar-refractivity contribution < 1.29 is 0 Å². The van der Waals surface area contributed by atoms with Crippen LogP contribution in [0.1, 0.15) is 55.8 Å². The zero-order valence-electron chi connectivity index (χ0n) is 13.9. The van der Waals surface area contributed by atoms with Crippen LogP contribution in [0.25, 0.3) is 0 Å². The Bertz CT molecular complexity index is 686. The van der Waals surface area contributed by atoms with E-state index in [1.54, 1.807) is 0 Å². The number of thioether (sulfide) groups is 1. The van der Waals surface area contributed by atoms with Gasteiger partial charge in [-0.1, -0.05) is 19.9 Å². The van der Waals surface area contributed by atoms with Crippen LogP contribution in [0, 0.1) is 11.8 Å². The first kappa shape index (κ1) is 15.1. The normalized spacial score (nSPS) is 22.9. The summed E-state index contributed by atoms with van der Waals surface area (Å²) in [5.41, 5.74) is 5.39. The molecule has 0 bridgehead atoms. The van der Waals surface area contributed by atoms with Crippen molar-refractivity contribution >= 4 is 23.3 Å². The number of aromatic nitrogens is 2. The molecule has 2 aromatic rings. The summed E-state index contributed by atoms with van der Waals surface area (Å²) >= 11 is 1.99. The molecule has 0 amide bonds. The largest absolute Gasteiger partial charge is 0.339 e. The van der Waals surface area contributed by atoms with Crippen LogP contribution in [0.3, 0.4) is 0 Å². The van der Waals surface area contributed by atoms with Crippen molar-refractivity contribution in [2.45, 2.75) is 50.5 Å². The molecule has 23 heavy (non-hydrogen) atoms. The number of nitrogens with zero attached hydrogens (tertiary/aromatic N) is 1. The standard InChI is InChI=1S/C19H25N3S/c1-12(2)5-13-6-15(7-13)18-9-19(22-21-18)20-17-4-3-14-10-23-11-16(14)8-17/h3-4,8-9,12-13,15H,5-7,10-11H2,1-2H3,(H2,20,21,22). The second-order valence-electron chi connectivity index (χ2n) is 7.47. The van der Waals surface area contributed by atoms with E-state index in [0.717, 1.165) is 34.8 Å². The summed E-state index contributed by atoms with van der Waals surface area (Å²) in [4.78, 5) is 0. The fourth-order valence-electron chi connectivity index (χ4n) is 3.86. The van der Waals surface area contributed by atoms with Crippen LogP contribution >= 0.6 is 11.8 Å². The van der Waals surface area contributed by atoms with Gasteiger partial charge in [-0.2, -0.15) is 16.9 Å². The highest BCUT2D eigenvalue weighted by atomic mass is 32.2. The number of aromatic amines is 1. The van der Waals surface area contributed by atoms with Crippen molar-refractivity contribution in [2.75, 3.05) is 5.32 Å². The average molecular weight is 327 g/mol. The molecule has 4 rings (SSSR count). The summed E-state index contributed by atoms with van der Waals surface area (Å²) in [6.07, 6.45) is 3.99. The minimum atomic E-state index is 0.679. The first-order valence-corrected chi connectivity index (χ1v) is 9.84. The van der Waals surface area contributed by atoms with Gasteiger partial charge in [0.25, 0.3) is 0 Å². The molecular formula is C19H25N3S. The predicted molar refractivity (Wildman–Crippen MR) is 98.2 cm³/mol. The Balaban J connectivity index is 1.37. The summed E-state index contributed by atoms with van der Waals surface area (Å²) < 4.78 is 0. The zero-order chi connectivity index (χ0) is 15.8. The van der Waals surface area contributed by atoms with Crippen LogP contribution in [0.15, 0.2) is 24.3 Å². The van der Waals surface area contributed by atoms with Crippen molar-refractivity contribution in [1.29, 1.82) is 0 Å². The number of hydrogen-bond acceptors (Lipinski definition) is 3. The highest BCUT2D eigenvalue weighted by Gasteiger charge is 2.31. The van der Waals surface area contributed by atoms with E-state index in [-0.39, 0.29) is 0 Å². The van der Waals surface area contributed by atoms with E-state index in [0.29, 0.717) is 5.92 Å². The van der Waals surface area contributed by atoms with E-state index < -0.39 is 0 Å². The number of hydrogen-bond donors (Lipinski definition) is 2. The van der Waals surface area contributed by atoms with E-state index >= 15 is 0 Å². The molecule has 2 heterocycles. The molecule has 1 aliphatic carbocycles. The van der Waals surface area contributed by atoms with Crippen LogP contribution in [0.2, 0.25) is 0 Å². The van der Waals surface area contributed by atoms with Gasteiger partial charge in [0.2, 0.25) is 0 Å². The fraction of sp³-hybridized carbons (Fsp3) is 0.526. The lowest BCUT2D eigenvalue weighted by Crippen LogP contribution is -2.23. The summed E-state index contributed by atoms with van der Waals surface area (Å²) in [5, 5.41) is 11.1. The molecule has 3 nitrogen and oxygen atoms in total. The van der Waals surface area contributed by atoms with Gasteiger partial charge in [0.1, 0.15) is 0 Å².